The molecule has 0 spiro atoms. The van der Waals surface area contributed by atoms with Gasteiger partial charge in [0.1, 0.15) is 0 Å². The largest absolute Gasteiger partial charge is 0.308 e. The van der Waals surface area contributed by atoms with Crippen molar-refractivity contribution < 1.29 is 29.5 Å². The molecule has 0 N–H and O–H groups in total. The van der Waals surface area contributed by atoms with E-state index in [0.717, 1.165) is 18.5 Å². The van der Waals surface area contributed by atoms with Gasteiger partial charge < -0.3 is 0 Å². The first-order valence-corrected chi connectivity index (χ1v) is 9.14. The molecule has 0 aliphatic heterocycles. The van der Waals surface area contributed by atoms with Crippen molar-refractivity contribution in [3.8, 4) is 5.69 Å². The van der Waals surface area contributed by atoms with E-state index in [9.17, 15) is 60.7 Å². The average molecular weight is 517 g/mol. The molecule has 21 nitrogen and oxygen atoms in total. The van der Waals surface area contributed by atoms with E-state index < -0.39 is 80.7 Å². The van der Waals surface area contributed by atoms with E-state index in [1.54, 1.807) is 0 Å². The summed E-state index contributed by atoms with van der Waals surface area (Å²) in [7, 11) is 0. The van der Waals surface area contributed by atoms with Gasteiger partial charge in [-0.3, -0.25) is 65.3 Å². The van der Waals surface area contributed by atoms with Gasteiger partial charge in [-0.2, -0.15) is 4.99 Å². The monoisotopic (exact) mass is 517 g/mol. The third-order valence-electron chi connectivity index (χ3n) is 4.50. The molecule has 0 atom stereocenters. The molecule has 0 aliphatic rings. The van der Waals surface area contributed by atoms with Gasteiger partial charge in [0.05, 0.1) is 53.8 Å². The quantitative estimate of drug-likeness (QED) is 0.307. The molecule has 3 rings (SSSR count). The maximum Gasteiger partial charge on any atom is 0.308 e. The molecule has 1 heterocycles. The molecular formula is C16H7N9O12. The number of non-ortho nitro benzene ring substituents is 2. The second-order valence-corrected chi connectivity index (χ2v) is 6.61. The van der Waals surface area contributed by atoms with Gasteiger partial charge in [-0.05, 0) is 6.07 Å². The lowest BCUT2D eigenvalue weighted by molar-refractivity contribution is -0.402. The zero-order valence-corrected chi connectivity index (χ0v) is 17.5. The summed E-state index contributed by atoms with van der Waals surface area (Å²) >= 11 is 0. The number of nitrogens with zero attached hydrogens (tertiary/aromatic N) is 9. The average Bonchev–Trinajstić information content (AvgIpc) is 2.82. The molecule has 0 amide bonds. The second-order valence-electron chi connectivity index (χ2n) is 6.61. The third-order valence-corrected chi connectivity index (χ3v) is 4.50. The first-order valence-electron chi connectivity index (χ1n) is 9.14. The lowest BCUT2D eigenvalue weighted by atomic mass is 10.2. The number of rotatable bonds is 8. The summed E-state index contributed by atoms with van der Waals surface area (Å²) in [6.07, 6.45) is 1.89. The van der Waals surface area contributed by atoms with Gasteiger partial charge in [0.15, 0.2) is 0 Å². The number of benzene rings is 2. The molecular weight excluding hydrogens is 510 g/mol. The Balaban J connectivity index is 2.52. The number of nitro benzene ring substituents is 6. The van der Waals surface area contributed by atoms with Gasteiger partial charge >= 0.3 is 22.7 Å². The van der Waals surface area contributed by atoms with Gasteiger partial charge in [0, 0.05) is 12.4 Å². The molecule has 0 bridgehead atoms. The fourth-order valence-corrected chi connectivity index (χ4v) is 3.03. The number of hydrogen-bond donors (Lipinski definition) is 0. The SMILES string of the molecule is O=[N+]([O-])c1cc([N+](=O)[O-])c(N=c2ncccn2-c2c([N+](=O)[O-])cc([N+](=O)[O-])cc2[N+](=O)[O-])c([N+](=O)[O-])c1. The molecule has 1 aromatic heterocycles. The van der Waals surface area contributed by atoms with E-state index in [2.05, 4.69) is 9.98 Å². The molecule has 21 heteroatoms. The maximum absolute atomic E-state index is 11.7. The molecule has 0 saturated carbocycles. The van der Waals surface area contributed by atoms with Gasteiger partial charge in [0.25, 0.3) is 11.4 Å². The summed E-state index contributed by atoms with van der Waals surface area (Å²) in [6, 6.07) is 2.64. The van der Waals surface area contributed by atoms with Crippen LogP contribution in [-0.4, -0.2) is 39.1 Å². The lowest BCUT2D eigenvalue weighted by Gasteiger charge is -2.08. The van der Waals surface area contributed by atoms with Gasteiger partial charge in [0.2, 0.25) is 17.0 Å². The van der Waals surface area contributed by atoms with Crippen LogP contribution in [-0.2, 0) is 0 Å². The van der Waals surface area contributed by atoms with Crippen LogP contribution in [0, 0.1) is 60.7 Å². The van der Waals surface area contributed by atoms with Crippen molar-refractivity contribution in [3.63, 3.8) is 0 Å². The minimum Gasteiger partial charge on any atom is -0.274 e. The first kappa shape index (κ1) is 25.3. The van der Waals surface area contributed by atoms with Crippen LogP contribution in [0.3, 0.4) is 0 Å². The Morgan fingerprint density at radius 1 is 0.622 bits per heavy atom. The fraction of sp³-hybridized carbons (Fsp3) is 0. The van der Waals surface area contributed by atoms with E-state index in [1.807, 2.05) is 0 Å². The molecule has 0 saturated heterocycles. The highest BCUT2D eigenvalue weighted by Crippen LogP contribution is 2.40. The van der Waals surface area contributed by atoms with Crippen LogP contribution in [0.5, 0.6) is 0 Å². The van der Waals surface area contributed by atoms with E-state index in [1.165, 1.54) is 0 Å². The summed E-state index contributed by atoms with van der Waals surface area (Å²) < 4.78 is 0.550. The smallest absolute Gasteiger partial charge is 0.274 e. The Bertz CT molecular complexity index is 1540. The van der Waals surface area contributed by atoms with Crippen LogP contribution in [0.25, 0.3) is 5.69 Å². The van der Waals surface area contributed by atoms with E-state index >= 15 is 0 Å². The standard InChI is InChI=1S/C16H7N9O12/c26-20(27)8-4-10(22(30)31)14(11(5-8)23(32)33)18-16-17-2-1-3-19(16)15-12(24(34)35)6-9(21(28)29)7-13(15)25(36)37/h1-7H. The van der Waals surface area contributed by atoms with E-state index in [0.29, 0.717) is 28.8 Å². The summed E-state index contributed by atoms with van der Waals surface area (Å²) in [5.41, 5.74) is -9.59. The van der Waals surface area contributed by atoms with Crippen molar-refractivity contribution >= 4 is 39.8 Å². The summed E-state index contributed by atoms with van der Waals surface area (Å²) in [4.78, 5) is 68.9. The normalized spacial score (nSPS) is 11.1. The van der Waals surface area contributed by atoms with Crippen LogP contribution in [0.2, 0.25) is 0 Å². The van der Waals surface area contributed by atoms with Crippen molar-refractivity contribution in [2.45, 2.75) is 0 Å². The van der Waals surface area contributed by atoms with Crippen molar-refractivity contribution in [2.24, 2.45) is 4.99 Å². The topological polar surface area (TPSA) is 289 Å². The minimum absolute atomic E-state index is 0.371. The van der Waals surface area contributed by atoms with Crippen LogP contribution in [0.15, 0.2) is 47.7 Å². The zero-order chi connectivity index (χ0) is 27.6. The van der Waals surface area contributed by atoms with Crippen molar-refractivity contribution in [3.05, 3.63) is 109 Å². The molecule has 2 aromatic carbocycles. The molecule has 3 aromatic rings. The Morgan fingerprint density at radius 3 is 1.41 bits per heavy atom. The van der Waals surface area contributed by atoms with Crippen LogP contribution < -0.4 is 5.62 Å². The summed E-state index contributed by atoms with van der Waals surface area (Å²) in [5, 5.41) is 68.6. The molecule has 0 fully saturated rings. The second kappa shape index (κ2) is 9.53. The van der Waals surface area contributed by atoms with Gasteiger partial charge in [-0.1, -0.05) is 0 Å². The number of aromatic nitrogens is 2. The van der Waals surface area contributed by atoms with Crippen molar-refractivity contribution in [1.29, 1.82) is 0 Å². The summed E-state index contributed by atoms with van der Waals surface area (Å²) in [5.74, 6) is 0. The highest BCUT2D eigenvalue weighted by atomic mass is 16.6. The predicted molar refractivity (Wildman–Crippen MR) is 115 cm³/mol. The molecule has 188 valence electrons. The van der Waals surface area contributed by atoms with Crippen LogP contribution in [0.4, 0.5) is 39.8 Å². The predicted octanol–water partition coefficient (Wildman–Crippen LogP) is 2.55. The van der Waals surface area contributed by atoms with Gasteiger partial charge in [-0.25, -0.2) is 4.98 Å². The molecule has 0 unspecified atom stereocenters. The van der Waals surface area contributed by atoms with Crippen molar-refractivity contribution in [1.82, 2.24) is 9.55 Å². The number of hydrogen-bond acceptors (Lipinski definition) is 14. The number of nitro groups is 6. The van der Waals surface area contributed by atoms with E-state index in [-0.39, 0.29) is 0 Å². The minimum atomic E-state index is -1.22. The Morgan fingerprint density at radius 2 is 1.03 bits per heavy atom. The molecule has 0 aliphatic carbocycles. The zero-order valence-electron chi connectivity index (χ0n) is 17.5. The lowest BCUT2D eigenvalue weighted by Crippen LogP contribution is -2.23. The fourth-order valence-electron chi connectivity index (χ4n) is 3.03. The van der Waals surface area contributed by atoms with Gasteiger partial charge in [-0.15, -0.1) is 0 Å². The maximum atomic E-state index is 11.7. The molecule has 37 heavy (non-hydrogen) atoms. The van der Waals surface area contributed by atoms with Crippen LogP contribution in [0.1, 0.15) is 0 Å². The third kappa shape index (κ3) is 4.84. The Labute approximate surface area is 199 Å². The highest BCUT2D eigenvalue weighted by molar-refractivity contribution is 5.74. The van der Waals surface area contributed by atoms with Crippen molar-refractivity contribution in [2.75, 3.05) is 0 Å². The first-order chi connectivity index (χ1) is 17.3. The highest BCUT2D eigenvalue weighted by Gasteiger charge is 2.34. The summed E-state index contributed by atoms with van der Waals surface area (Å²) in [6.45, 7) is 0. The Hall–Kier alpha value is -6.28. The van der Waals surface area contributed by atoms with Crippen LogP contribution >= 0.6 is 0 Å². The molecule has 0 radical (unpaired) electrons. The Kier molecular flexibility index (Phi) is 6.53. The van der Waals surface area contributed by atoms with E-state index in [4.69, 9.17) is 0 Å².